The Kier molecular flexibility index (Phi) is 4.73. The van der Waals surface area contributed by atoms with E-state index in [2.05, 4.69) is 10.6 Å². The molecule has 0 aromatic carbocycles. The van der Waals surface area contributed by atoms with Crippen molar-refractivity contribution in [1.29, 1.82) is 0 Å². The monoisotopic (exact) mass is 256 g/mol. The van der Waals surface area contributed by atoms with Crippen LogP contribution in [0.3, 0.4) is 0 Å². The molecular formula is C13H24N2O3. The van der Waals surface area contributed by atoms with E-state index in [1.54, 1.807) is 0 Å². The highest BCUT2D eigenvalue weighted by atomic mass is 16.4. The highest BCUT2D eigenvalue weighted by Crippen LogP contribution is 2.22. The zero-order valence-corrected chi connectivity index (χ0v) is 11.6. The molecule has 2 unspecified atom stereocenters. The molecule has 0 aromatic rings. The van der Waals surface area contributed by atoms with E-state index in [4.69, 9.17) is 0 Å². The van der Waals surface area contributed by atoms with Crippen molar-refractivity contribution in [3.63, 3.8) is 0 Å². The number of carbonyl (C=O) groups is 2. The molecule has 1 fully saturated rings. The second-order valence-electron chi connectivity index (χ2n) is 6.22. The molecule has 0 saturated carbocycles. The van der Waals surface area contributed by atoms with Crippen LogP contribution in [-0.2, 0) is 9.59 Å². The summed E-state index contributed by atoms with van der Waals surface area (Å²) in [5.74, 6) is -1.19. The van der Waals surface area contributed by atoms with E-state index in [0.717, 1.165) is 19.4 Å². The molecule has 1 rings (SSSR count). The van der Waals surface area contributed by atoms with Crippen LogP contribution in [0.1, 0.15) is 40.5 Å². The lowest BCUT2D eigenvalue weighted by Crippen LogP contribution is -2.52. The minimum absolute atomic E-state index is 0.0783. The number of amides is 1. The molecule has 104 valence electrons. The van der Waals surface area contributed by atoms with Gasteiger partial charge in [0.05, 0.1) is 0 Å². The third kappa shape index (κ3) is 3.98. The topological polar surface area (TPSA) is 78.4 Å². The summed E-state index contributed by atoms with van der Waals surface area (Å²) in [6.45, 7) is 8.30. The quantitative estimate of drug-likeness (QED) is 0.703. The summed E-state index contributed by atoms with van der Waals surface area (Å²) in [5.41, 5.74) is -0.486. The summed E-state index contributed by atoms with van der Waals surface area (Å²) in [6.07, 6.45) is 1.54. The first-order chi connectivity index (χ1) is 8.21. The Bertz CT molecular complexity index is 323. The first kappa shape index (κ1) is 15.0. The zero-order valence-electron chi connectivity index (χ0n) is 11.6. The number of hydrogen-bond donors (Lipinski definition) is 3. The highest BCUT2D eigenvalue weighted by molar-refractivity contribution is 5.85. The van der Waals surface area contributed by atoms with Crippen molar-refractivity contribution in [2.75, 3.05) is 6.54 Å². The molecule has 0 aliphatic carbocycles. The van der Waals surface area contributed by atoms with Crippen LogP contribution in [0.25, 0.3) is 0 Å². The summed E-state index contributed by atoms with van der Waals surface area (Å²) in [7, 11) is 0. The van der Waals surface area contributed by atoms with E-state index in [1.807, 2.05) is 27.7 Å². The van der Waals surface area contributed by atoms with Crippen LogP contribution >= 0.6 is 0 Å². The normalized spacial score (nSPS) is 26.4. The van der Waals surface area contributed by atoms with Crippen molar-refractivity contribution in [3.05, 3.63) is 0 Å². The Morgan fingerprint density at radius 2 is 2.00 bits per heavy atom. The van der Waals surface area contributed by atoms with Crippen LogP contribution in [-0.4, -0.2) is 35.6 Å². The lowest BCUT2D eigenvalue weighted by atomic mass is 9.85. The van der Waals surface area contributed by atoms with E-state index in [1.165, 1.54) is 0 Å². The smallest absolute Gasteiger partial charge is 0.326 e. The Morgan fingerprint density at radius 1 is 1.39 bits per heavy atom. The van der Waals surface area contributed by atoms with Gasteiger partial charge in [-0.1, -0.05) is 20.8 Å². The molecular weight excluding hydrogens is 232 g/mol. The molecule has 1 amide bonds. The molecule has 5 nitrogen and oxygen atoms in total. The van der Waals surface area contributed by atoms with Crippen LogP contribution in [0.4, 0.5) is 0 Å². The zero-order chi connectivity index (χ0) is 13.9. The molecule has 5 heteroatoms. The molecule has 1 aliphatic rings. The van der Waals surface area contributed by atoms with Gasteiger partial charge in [0.15, 0.2) is 0 Å². The predicted molar refractivity (Wildman–Crippen MR) is 69.2 cm³/mol. The number of aliphatic carboxylic acids is 1. The number of nitrogens with one attached hydrogen (secondary N) is 2. The molecule has 0 spiro atoms. The summed E-state index contributed by atoms with van der Waals surface area (Å²) in [6, 6.07) is -0.525. The van der Waals surface area contributed by atoms with E-state index in [9.17, 15) is 14.7 Å². The van der Waals surface area contributed by atoms with E-state index in [-0.39, 0.29) is 11.8 Å². The maximum atomic E-state index is 12.1. The fourth-order valence-corrected chi connectivity index (χ4v) is 2.28. The Morgan fingerprint density at radius 3 is 2.44 bits per heavy atom. The van der Waals surface area contributed by atoms with Crippen LogP contribution in [0.2, 0.25) is 0 Å². The van der Waals surface area contributed by atoms with Crippen molar-refractivity contribution in [2.45, 2.75) is 52.6 Å². The summed E-state index contributed by atoms with van der Waals surface area (Å²) >= 11 is 0. The van der Waals surface area contributed by atoms with Gasteiger partial charge in [-0.15, -0.1) is 0 Å². The van der Waals surface area contributed by atoms with Crippen molar-refractivity contribution in [3.8, 4) is 0 Å². The van der Waals surface area contributed by atoms with E-state index >= 15 is 0 Å². The van der Waals surface area contributed by atoms with Crippen LogP contribution in [0.15, 0.2) is 0 Å². The molecule has 3 N–H and O–H groups in total. The average molecular weight is 256 g/mol. The number of hydrogen-bond acceptors (Lipinski definition) is 3. The second-order valence-corrected chi connectivity index (χ2v) is 6.22. The minimum atomic E-state index is -0.974. The maximum Gasteiger partial charge on any atom is 0.326 e. The van der Waals surface area contributed by atoms with E-state index < -0.39 is 17.4 Å². The summed E-state index contributed by atoms with van der Waals surface area (Å²) < 4.78 is 0. The summed E-state index contributed by atoms with van der Waals surface area (Å²) in [5, 5.41) is 15.1. The number of rotatable bonds is 3. The van der Waals surface area contributed by atoms with Crippen molar-refractivity contribution < 1.29 is 14.7 Å². The van der Waals surface area contributed by atoms with Gasteiger partial charge in [-0.05, 0) is 31.7 Å². The first-order valence-corrected chi connectivity index (χ1v) is 6.48. The number of carboxylic acids is 1. The molecule has 1 heterocycles. The van der Waals surface area contributed by atoms with E-state index in [0.29, 0.717) is 6.04 Å². The van der Waals surface area contributed by atoms with Gasteiger partial charge >= 0.3 is 5.97 Å². The Balaban J connectivity index is 2.64. The third-order valence-corrected chi connectivity index (χ3v) is 3.39. The fourth-order valence-electron chi connectivity index (χ4n) is 2.28. The SMILES string of the molecule is CC1CC(C(=O)N[C@H](C(=O)O)C(C)(C)C)CCN1. The molecule has 0 bridgehead atoms. The van der Waals surface area contributed by atoms with Crippen molar-refractivity contribution in [1.82, 2.24) is 10.6 Å². The first-order valence-electron chi connectivity index (χ1n) is 6.48. The summed E-state index contributed by atoms with van der Waals surface area (Å²) in [4.78, 5) is 23.3. The van der Waals surface area contributed by atoms with Crippen LogP contribution in [0, 0.1) is 11.3 Å². The molecule has 3 atom stereocenters. The Hall–Kier alpha value is -1.10. The van der Waals surface area contributed by atoms with Crippen molar-refractivity contribution >= 4 is 11.9 Å². The fraction of sp³-hybridized carbons (Fsp3) is 0.846. The average Bonchev–Trinajstić information content (AvgIpc) is 2.23. The lowest BCUT2D eigenvalue weighted by molar-refractivity contribution is -0.145. The molecule has 0 radical (unpaired) electrons. The maximum absolute atomic E-state index is 12.1. The Labute approximate surface area is 108 Å². The van der Waals surface area contributed by atoms with Crippen molar-refractivity contribution in [2.24, 2.45) is 11.3 Å². The number of carboxylic acid groups (broad SMARTS) is 1. The molecule has 1 aliphatic heterocycles. The third-order valence-electron chi connectivity index (χ3n) is 3.39. The number of carbonyl (C=O) groups excluding carboxylic acids is 1. The lowest BCUT2D eigenvalue weighted by Gasteiger charge is -2.32. The molecule has 0 aromatic heterocycles. The second kappa shape index (κ2) is 5.69. The van der Waals surface area contributed by atoms with Crippen LogP contribution < -0.4 is 10.6 Å². The van der Waals surface area contributed by atoms with Gasteiger partial charge in [-0.25, -0.2) is 4.79 Å². The van der Waals surface area contributed by atoms with Gasteiger partial charge in [0.1, 0.15) is 6.04 Å². The predicted octanol–water partition coefficient (Wildman–Crippen LogP) is 0.990. The standard InChI is InChI=1S/C13H24N2O3/c1-8-7-9(5-6-14-8)11(16)15-10(12(17)18)13(2,3)4/h8-10,14H,5-7H2,1-4H3,(H,15,16)(H,17,18)/t8?,9?,10-/m1/s1. The molecule has 18 heavy (non-hydrogen) atoms. The molecule has 1 saturated heterocycles. The van der Waals surface area contributed by atoms with Gasteiger partial charge in [0.2, 0.25) is 5.91 Å². The minimum Gasteiger partial charge on any atom is -0.480 e. The number of piperidine rings is 1. The largest absolute Gasteiger partial charge is 0.480 e. The van der Waals surface area contributed by atoms with Crippen LogP contribution in [0.5, 0.6) is 0 Å². The van der Waals surface area contributed by atoms with Gasteiger partial charge in [-0.2, -0.15) is 0 Å². The highest BCUT2D eigenvalue weighted by Gasteiger charge is 2.35. The van der Waals surface area contributed by atoms with Gasteiger partial charge < -0.3 is 15.7 Å². The van der Waals surface area contributed by atoms with Gasteiger partial charge in [0, 0.05) is 12.0 Å². The van der Waals surface area contributed by atoms with Gasteiger partial charge in [-0.3, -0.25) is 4.79 Å². The van der Waals surface area contributed by atoms with Gasteiger partial charge in [0.25, 0.3) is 0 Å².